The van der Waals surface area contributed by atoms with E-state index in [1.54, 1.807) is 0 Å². The molecule has 0 bridgehead atoms. The molecular weight excluding hydrogens is 550 g/mol. The number of benzene rings is 1. The second-order valence-electron chi connectivity index (χ2n) is 8.74. The SMILES string of the molecule is Cc1nc(Nc2sc(-c3c(F)cc(C(C)(C)O)cc3F)cc2C(N)=O)ccc1N(S(C)(=O)=O)S(C)(=O)=O. The minimum absolute atomic E-state index is 0.0216. The quantitative estimate of drug-likeness (QED) is 0.370. The molecule has 3 rings (SSSR count). The number of hydrogen-bond donors (Lipinski definition) is 3. The van der Waals surface area contributed by atoms with Gasteiger partial charge in [0.05, 0.1) is 40.6 Å². The van der Waals surface area contributed by atoms with Crippen LogP contribution in [-0.4, -0.2) is 45.3 Å². The summed E-state index contributed by atoms with van der Waals surface area (Å²) in [7, 11) is -8.39. The van der Waals surface area contributed by atoms with Crippen molar-refractivity contribution in [2.45, 2.75) is 26.4 Å². The van der Waals surface area contributed by atoms with E-state index in [-0.39, 0.29) is 41.9 Å². The molecule has 0 aliphatic carbocycles. The molecule has 10 nitrogen and oxygen atoms in total. The first kappa shape index (κ1) is 28.4. The highest BCUT2D eigenvalue weighted by Crippen LogP contribution is 2.40. The molecule has 0 radical (unpaired) electrons. The zero-order chi connectivity index (χ0) is 28.1. The van der Waals surface area contributed by atoms with E-state index >= 15 is 0 Å². The maximum absolute atomic E-state index is 14.9. The number of aryl methyl sites for hydroxylation is 1. The molecule has 2 aromatic heterocycles. The average molecular weight is 575 g/mol. The first-order chi connectivity index (χ1) is 16.8. The number of nitrogens with two attached hydrogens (primary N) is 1. The van der Waals surface area contributed by atoms with Gasteiger partial charge < -0.3 is 16.2 Å². The van der Waals surface area contributed by atoms with E-state index < -0.39 is 48.8 Å². The third-order valence-electron chi connectivity index (χ3n) is 5.09. The van der Waals surface area contributed by atoms with Crippen LogP contribution in [0.15, 0.2) is 30.3 Å². The Morgan fingerprint density at radius 1 is 1.08 bits per heavy atom. The molecule has 2 heterocycles. The number of anilines is 3. The van der Waals surface area contributed by atoms with Gasteiger partial charge in [0.15, 0.2) is 0 Å². The lowest BCUT2D eigenvalue weighted by Gasteiger charge is -2.21. The van der Waals surface area contributed by atoms with E-state index in [0.29, 0.717) is 0 Å². The van der Waals surface area contributed by atoms with E-state index in [4.69, 9.17) is 5.73 Å². The third-order valence-corrected chi connectivity index (χ3v) is 9.38. The highest BCUT2D eigenvalue weighted by atomic mass is 32.3. The molecule has 4 N–H and O–H groups in total. The lowest BCUT2D eigenvalue weighted by Crippen LogP contribution is -2.35. The zero-order valence-electron chi connectivity index (χ0n) is 20.3. The maximum Gasteiger partial charge on any atom is 0.251 e. The predicted molar refractivity (Wildman–Crippen MR) is 138 cm³/mol. The van der Waals surface area contributed by atoms with Crippen molar-refractivity contribution in [3.05, 3.63) is 58.8 Å². The first-order valence-electron chi connectivity index (χ1n) is 10.4. The van der Waals surface area contributed by atoms with Gasteiger partial charge in [-0.05, 0) is 56.7 Å². The normalized spacial score (nSPS) is 12.4. The van der Waals surface area contributed by atoms with E-state index in [2.05, 4.69) is 10.3 Å². The number of hydrogen-bond acceptors (Lipinski definition) is 9. The fraction of sp³-hybridized carbons (Fsp3) is 0.273. The van der Waals surface area contributed by atoms with Crippen LogP contribution in [0.3, 0.4) is 0 Å². The zero-order valence-corrected chi connectivity index (χ0v) is 22.8. The second-order valence-corrected chi connectivity index (χ2v) is 13.7. The van der Waals surface area contributed by atoms with Crippen LogP contribution in [-0.2, 0) is 25.6 Å². The van der Waals surface area contributed by atoms with Crippen LogP contribution >= 0.6 is 11.3 Å². The van der Waals surface area contributed by atoms with Gasteiger partial charge in [-0.15, -0.1) is 11.3 Å². The van der Waals surface area contributed by atoms with Gasteiger partial charge in [0.2, 0.25) is 20.0 Å². The van der Waals surface area contributed by atoms with E-state index in [9.17, 15) is 35.5 Å². The van der Waals surface area contributed by atoms with Gasteiger partial charge >= 0.3 is 0 Å². The van der Waals surface area contributed by atoms with Crippen molar-refractivity contribution in [3.63, 3.8) is 0 Å². The van der Waals surface area contributed by atoms with E-state index in [1.165, 1.54) is 39.0 Å². The van der Waals surface area contributed by atoms with Crippen LogP contribution in [0.2, 0.25) is 0 Å². The van der Waals surface area contributed by atoms with Gasteiger partial charge in [-0.25, -0.2) is 30.6 Å². The van der Waals surface area contributed by atoms with Crippen LogP contribution in [0.1, 0.15) is 35.5 Å². The Bertz CT molecular complexity index is 1560. The Morgan fingerprint density at radius 2 is 1.62 bits per heavy atom. The smallest absolute Gasteiger partial charge is 0.251 e. The summed E-state index contributed by atoms with van der Waals surface area (Å²) < 4.78 is 78.3. The van der Waals surface area contributed by atoms with Crippen LogP contribution in [0, 0.1) is 18.6 Å². The molecule has 0 aliphatic heterocycles. The van der Waals surface area contributed by atoms with Crippen molar-refractivity contribution in [3.8, 4) is 10.4 Å². The highest BCUT2D eigenvalue weighted by Gasteiger charge is 2.29. The van der Waals surface area contributed by atoms with Gasteiger partial charge in [0, 0.05) is 4.88 Å². The molecule has 0 spiro atoms. The molecule has 0 saturated heterocycles. The van der Waals surface area contributed by atoms with E-state index in [1.807, 2.05) is 0 Å². The number of pyridine rings is 1. The summed E-state index contributed by atoms with van der Waals surface area (Å²) in [5.41, 5.74) is 3.29. The summed E-state index contributed by atoms with van der Waals surface area (Å²) in [6.45, 7) is 4.14. The number of sulfonamides is 2. The summed E-state index contributed by atoms with van der Waals surface area (Å²) in [6.07, 6.45) is 1.47. The predicted octanol–water partition coefficient (Wildman–Crippen LogP) is 3.19. The number of thiophene rings is 1. The molecule has 15 heteroatoms. The maximum atomic E-state index is 14.9. The number of aromatic nitrogens is 1. The lowest BCUT2D eigenvalue weighted by atomic mass is 9.96. The second kappa shape index (κ2) is 9.63. The number of amides is 1. The van der Waals surface area contributed by atoms with Gasteiger partial charge in [0.1, 0.15) is 22.5 Å². The van der Waals surface area contributed by atoms with Crippen molar-refractivity contribution in [2.24, 2.45) is 5.73 Å². The molecule has 0 atom stereocenters. The van der Waals surface area contributed by atoms with Gasteiger partial charge in [-0.1, -0.05) is 0 Å². The molecule has 3 aromatic rings. The summed E-state index contributed by atoms with van der Waals surface area (Å²) in [5.74, 6) is -2.73. The average Bonchev–Trinajstić information content (AvgIpc) is 3.10. The molecule has 0 fully saturated rings. The van der Waals surface area contributed by atoms with Crippen molar-refractivity contribution in [1.29, 1.82) is 0 Å². The van der Waals surface area contributed by atoms with Crippen molar-refractivity contribution < 1.29 is 35.5 Å². The number of nitrogens with one attached hydrogen (secondary N) is 1. The number of rotatable bonds is 8. The third kappa shape index (κ3) is 6.06. The fourth-order valence-electron chi connectivity index (χ4n) is 3.49. The Labute approximate surface area is 216 Å². The van der Waals surface area contributed by atoms with Crippen LogP contribution in [0.5, 0.6) is 0 Å². The molecule has 200 valence electrons. The number of halogens is 2. The monoisotopic (exact) mass is 574 g/mol. The molecule has 0 unspecified atom stereocenters. The van der Waals surface area contributed by atoms with Crippen molar-refractivity contribution in [2.75, 3.05) is 21.5 Å². The number of carbonyl (C=O) groups is 1. The minimum Gasteiger partial charge on any atom is -0.386 e. The van der Waals surface area contributed by atoms with Gasteiger partial charge in [-0.3, -0.25) is 4.79 Å². The molecule has 37 heavy (non-hydrogen) atoms. The highest BCUT2D eigenvalue weighted by molar-refractivity contribution is 8.09. The summed E-state index contributed by atoms with van der Waals surface area (Å²) in [4.78, 5) is 16.3. The Balaban J connectivity index is 2.06. The van der Waals surface area contributed by atoms with Crippen LogP contribution in [0.4, 0.5) is 25.3 Å². The fourth-order valence-corrected chi connectivity index (χ4v) is 7.67. The molecule has 1 aromatic carbocycles. The molecule has 1 amide bonds. The molecular formula is C22H24F2N4O6S3. The van der Waals surface area contributed by atoms with Gasteiger partial charge in [0.25, 0.3) is 5.91 Å². The number of nitrogens with zero attached hydrogens (tertiary/aromatic N) is 2. The van der Waals surface area contributed by atoms with Crippen LogP contribution < -0.4 is 14.8 Å². The standard InChI is InChI=1S/C22H24F2N4O6S3/c1-11-16(28(36(4,31)32)37(5,33)34)6-7-18(26-11)27-21-13(20(25)29)10-17(35-21)19-14(23)8-12(9-15(19)24)22(2,3)30/h6-10,30H,1-5H3,(H2,25,29)(H,26,27). The molecule has 0 saturated carbocycles. The lowest BCUT2D eigenvalue weighted by molar-refractivity contribution is 0.0778. The van der Waals surface area contributed by atoms with Gasteiger partial charge in [-0.2, -0.15) is 3.71 Å². The number of carbonyl (C=O) groups excluding carboxylic acids is 1. The number of aliphatic hydroxyl groups is 1. The Hall–Kier alpha value is -3.14. The minimum atomic E-state index is -4.20. The molecule has 0 aliphatic rings. The topological polar surface area (TPSA) is 160 Å². The Morgan fingerprint density at radius 3 is 2.05 bits per heavy atom. The summed E-state index contributed by atoms with van der Waals surface area (Å²) in [6, 6.07) is 5.67. The summed E-state index contributed by atoms with van der Waals surface area (Å²) in [5, 5.41) is 13.0. The first-order valence-corrected chi connectivity index (χ1v) is 14.9. The largest absolute Gasteiger partial charge is 0.386 e. The number of primary amides is 1. The summed E-state index contributed by atoms with van der Waals surface area (Å²) >= 11 is 0.806. The van der Waals surface area contributed by atoms with Crippen molar-refractivity contribution in [1.82, 2.24) is 4.98 Å². The Kier molecular flexibility index (Phi) is 7.40. The van der Waals surface area contributed by atoms with Crippen molar-refractivity contribution >= 4 is 53.8 Å². The van der Waals surface area contributed by atoms with E-state index in [0.717, 1.165) is 36.0 Å². The van der Waals surface area contributed by atoms with Crippen LogP contribution in [0.25, 0.3) is 10.4 Å².